The largest absolute Gasteiger partial charge is 0.374 e. The van der Waals surface area contributed by atoms with Gasteiger partial charge in [-0.25, -0.2) is 0 Å². The Morgan fingerprint density at radius 2 is 1.10 bits per heavy atom. The van der Waals surface area contributed by atoms with Crippen molar-refractivity contribution in [3.63, 3.8) is 0 Å². The highest BCUT2D eigenvalue weighted by molar-refractivity contribution is 6.21. The Kier molecular flexibility index (Phi) is 11.1. The maximum absolute atomic E-state index is 13.9. The summed E-state index contributed by atoms with van der Waals surface area (Å²) >= 11 is 0. The van der Waals surface area contributed by atoms with Crippen LogP contribution in [0.5, 0.6) is 0 Å². The van der Waals surface area contributed by atoms with Crippen LogP contribution in [0.25, 0.3) is 0 Å². The third-order valence-corrected chi connectivity index (χ3v) is 10.4. The third-order valence-electron chi connectivity index (χ3n) is 10.4. The average molecular weight is 658 g/mol. The molecule has 3 aliphatic heterocycles. The van der Waals surface area contributed by atoms with Crippen LogP contribution in [0.2, 0.25) is 0 Å². The molecule has 9 nitrogen and oxygen atoms in total. The van der Waals surface area contributed by atoms with Crippen molar-refractivity contribution < 1.29 is 38.0 Å². The molecule has 2 amide bonds. The van der Waals surface area contributed by atoms with Crippen LogP contribution >= 0.6 is 0 Å². The first kappa shape index (κ1) is 34.4. The number of ether oxygens (including phenoxy) is 6. The van der Waals surface area contributed by atoms with E-state index in [1.165, 1.54) is 4.90 Å². The molecule has 10 atom stereocenters. The van der Waals surface area contributed by atoms with E-state index < -0.39 is 30.8 Å². The molecule has 3 aromatic carbocycles. The molecule has 3 aromatic rings. The number of methoxy groups -OCH3 is 1. The van der Waals surface area contributed by atoms with Gasteiger partial charge in [-0.1, -0.05) is 100 Å². The second-order valence-corrected chi connectivity index (χ2v) is 13.4. The zero-order chi connectivity index (χ0) is 33.8. The normalized spacial score (nSPS) is 32.0. The van der Waals surface area contributed by atoms with Crippen molar-refractivity contribution in [2.75, 3.05) is 20.3 Å². The summed E-state index contributed by atoms with van der Waals surface area (Å²) in [5.74, 6) is -0.904. The number of amides is 2. The molecular weight excluding hydrogens is 610 g/mol. The van der Waals surface area contributed by atoms with Crippen LogP contribution in [0.15, 0.2) is 84.9 Å². The van der Waals surface area contributed by atoms with Gasteiger partial charge in [0, 0.05) is 13.0 Å². The molecule has 0 N–H and O–H groups in total. The Bertz CT molecular complexity index is 1480. The topological polar surface area (TPSA) is 92.8 Å². The van der Waals surface area contributed by atoms with E-state index in [1.54, 1.807) is 31.4 Å². The summed E-state index contributed by atoms with van der Waals surface area (Å²) in [6.07, 6.45) is -2.67. The molecule has 2 fully saturated rings. The highest BCUT2D eigenvalue weighted by atomic mass is 16.7. The van der Waals surface area contributed by atoms with E-state index in [2.05, 4.69) is 27.7 Å². The summed E-state index contributed by atoms with van der Waals surface area (Å²) in [5, 5.41) is 0. The molecule has 0 saturated carbocycles. The van der Waals surface area contributed by atoms with Crippen LogP contribution in [-0.4, -0.2) is 74.0 Å². The van der Waals surface area contributed by atoms with Gasteiger partial charge in [-0.3, -0.25) is 14.5 Å². The zero-order valence-corrected chi connectivity index (χ0v) is 28.4. The van der Waals surface area contributed by atoms with Crippen LogP contribution < -0.4 is 0 Å². The second-order valence-electron chi connectivity index (χ2n) is 13.4. The Hall–Kier alpha value is -3.44. The number of hydrogen-bond donors (Lipinski definition) is 0. The van der Waals surface area contributed by atoms with Crippen molar-refractivity contribution in [2.45, 2.75) is 77.8 Å². The first-order valence-corrected chi connectivity index (χ1v) is 17.0. The molecule has 256 valence electrons. The van der Waals surface area contributed by atoms with Gasteiger partial charge in [-0.15, -0.1) is 0 Å². The van der Waals surface area contributed by atoms with Crippen molar-refractivity contribution >= 4 is 11.8 Å². The predicted molar refractivity (Wildman–Crippen MR) is 179 cm³/mol. The summed E-state index contributed by atoms with van der Waals surface area (Å²) in [4.78, 5) is 29.1. The first-order chi connectivity index (χ1) is 23.3. The molecule has 48 heavy (non-hydrogen) atoms. The van der Waals surface area contributed by atoms with Crippen molar-refractivity contribution in [2.24, 2.45) is 23.7 Å². The lowest BCUT2D eigenvalue weighted by Crippen LogP contribution is -2.62. The minimum absolute atomic E-state index is 0.00642. The number of nitrogens with zero attached hydrogens (tertiary/aromatic N) is 1. The number of carbonyl (C=O) groups excluding carboxylic acids is 2. The van der Waals surface area contributed by atoms with Crippen molar-refractivity contribution in [1.82, 2.24) is 4.90 Å². The minimum Gasteiger partial charge on any atom is -0.374 e. The maximum Gasteiger partial charge on any atom is 0.261 e. The number of fused-ring (bicyclic) bond motifs is 1. The van der Waals surface area contributed by atoms with Gasteiger partial charge in [0.2, 0.25) is 0 Å². The van der Waals surface area contributed by atoms with E-state index in [1.807, 2.05) is 60.7 Å². The average Bonchev–Trinajstić information content (AvgIpc) is 3.36. The molecule has 3 heterocycles. The summed E-state index contributed by atoms with van der Waals surface area (Å²) in [5.41, 5.74) is 2.91. The Morgan fingerprint density at radius 3 is 1.65 bits per heavy atom. The molecule has 9 heteroatoms. The molecule has 0 spiro atoms. The molecule has 0 aromatic heterocycles. The lowest BCUT2D eigenvalue weighted by atomic mass is 9.80. The monoisotopic (exact) mass is 657 g/mol. The van der Waals surface area contributed by atoms with E-state index in [0.29, 0.717) is 30.9 Å². The fraction of sp³-hybridized carbons (Fsp3) is 0.487. The lowest BCUT2D eigenvalue weighted by Gasteiger charge is -2.50. The first-order valence-electron chi connectivity index (χ1n) is 17.0. The Balaban J connectivity index is 1.26. The molecule has 3 aliphatic rings. The highest BCUT2D eigenvalue weighted by Gasteiger charge is 2.53. The van der Waals surface area contributed by atoms with Gasteiger partial charge in [0.1, 0.15) is 6.10 Å². The Labute approximate surface area is 283 Å². The minimum atomic E-state index is -0.928. The number of hydrogen-bond acceptors (Lipinski definition) is 8. The van der Waals surface area contributed by atoms with E-state index >= 15 is 0 Å². The van der Waals surface area contributed by atoms with E-state index in [-0.39, 0.29) is 48.2 Å². The van der Waals surface area contributed by atoms with Gasteiger partial charge in [-0.05, 0) is 41.0 Å². The molecule has 2 saturated heterocycles. The van der Waals surface area contributed by atoms with Crippen LogP contribution in [0.1, 0.15) is 59.5 Å². The standard InChI is InChI=1S/C39H47NO8/c1-24-25(2)34(40-36(41)30-18-12-13-19-31(30)37(40)42)39(46-32(24)22-44-20-28-14-8-6-9-15-28)48-35-26(3)27(4)38(43-5)47-33(35)23-45-21-29-16-10-7-11-17-29/h6-19,24-27,32-35,38-39H,20-23H2,1-5H3/t24-,25-,26+,27?,32?,33?,34?,35-,38-,39?/m0/s1. The van der Waals surface area contributed by atoms with Gasteiger partial charge in [0.25, 0.3) is 11.8 Å². The molecule has 6 rings (SSSR count). The zero-order valence-electron chi connectivity index (χ0n) is 28.4. The van der Waals surface area contributed by atoms with Crippen LogP contribution in [-0.2, 0) is 41.6 Å². The number of benzene rings is 3. The molecule has 5 unspecified atom stereocenters. The van der Waals surface area contributed by atoms with E-state index in [9.17, 15) is 9.59 Å². The van der Waals surface area contributed by atoms with E-state index in [0.717, 1.165) is 11.1 Å². The summed E-state index contributed by atoms with van der Waals surface area (Å²) in [6, 6.07) is 26.2. The van der Waals surface area contributed by atoms with Crippen molar-refractivity contribution in [1.29, 1.82) is 0 Å². The SMILES string of the molecule is CO[C@H]1OC(COCc2ccccc2)[C@@H](OC2OC(COCc3ccccc3)[C@@H](C)[C@H](C)C2N2C(=O)c3ccccc3C2=O)[C@H](C)C1C. The van der Waals surface area contributed by atoms with Gasteiger partial charge in [0.15, 0.2) is 12.6 Å². The molecule has 0 radical (unpaired) electrons. The summed E-state index contributed by atoms with van der Waals surface area (Å²) in [7, 11) is 1.64. The number of carbonyl (C=O) groups is 2. The number of rotatable bonds is 12. The molecular formula is C39H47NO8. The predicted octanol–water partition coefficient (Wildman–Crippen LogP) is 6.11. The third kappa shape index (κ3) is 7.13. The van der Waals surface area contributed by atoms with Crippen LogP contribution in [0.4, 0.5) is 0 Å². The van der Waals surface area contributed by atoms with Gasteiger partial charge < -0.3 is 28.4 Å². The van der Waals surface area contributed by atoms with Crippen LogP contribution in [0, 0.1) is 23.7 Å². The van der Waals surface area contributed by atoms with Crippen LogP contribution in [0.3, 0.4) is 0 Å². The van der Waals surface area contributed by atoms with Gasteiger partial charge in [-0.2, -0.15) is 0 Å². The highest BCUT2D eigenvalue weighted by Crippen LogP contribution is 2.41. The second kappa shape index (κ2) is 15.4. The fourth-order valence-corrected chi connectivity index (χ4v) is 7.18. The number of imide groups is 1. The smallest absolute Gasteiger partial charge is 0.261 e. The fourth-order valence-electron chi connectivity index (χ4n) is 7.18. The van der Waals surface area contributed by atoms with Gasteiger partial charge >= 0.3 is 0 Å². The van der Waals surface area contributed by atoms with Crippen molar-refractivity contribution in [3.8, 4) is 0 Å². The maximum atomic E-state index is 13.9. The molecule has 0 bridgehead atoms. The summed E-state index contributed by atoms with van der Waals surface area (Å²) < 4.78 is 38.3. The van der Waals surface area contributed by atoms with Crippen molar-refractivity contribution in [3.05, 3.63) is 107 Å². The Morgan fingerprint density at radius 1 is 0.604 bits per heavy atom. The quantitative estimate of drug-likeness (QED) is 0.216. The molecule has 0 aliphatic carbocycles. The van der Waals surface area contributed by atoms with E-state index in [4.69, 9.17) is 28.4 Å². The lowest BCUT2D eigenvalue weighted by molar-refractivity contribution is -0.325. The summed E-state index contributed by atoms with van der Waals surface area (Å²) in [6.45, 7) is 9.79. The van der Waals surface area contributed by atoms with Gasteiger partial charge in [0.05, 0.1) is 55.8 Å².